The number of hydrogen-bond donors (Lipinski definition) is 1. The molecule has 0 aromatic heterocycles. The van der Waals surface area contributed by atoms with Crippen LogP contribution in [0.1, 0.15) is 11.1 Å². The third-order valence-corrected chi connectivity index (χ3v) is 2.79. The number of hydrogen-bond acceptors (Lipinski definition) is 1. The van der Waals surface area contributed by atoms with Crippen LogP contribution >= 0.6 is 12.4 Å². The van der Waals surface area contributed by atoms with Crippen LogP contribution < -0.4 is 5.73 Å². The summed E-state index contributed by atoms with van der Waals surface area (Å²) in [6.45, 7) is 0. The van der Waals surface area contributed by atoms with E-state index in [0.717, 1.165) is 21.9 Å². The highest BCUT2D eigenvalue weighted by Gasteiger charge is 2.18. The maximum atomic E-state index is 11.3. The molecule has 16 heavy (non-hydrogen) atoms. The number of rotatable bonds is 1. The normalized spacial score (nSPS) is 12.1. The minimum atomic E-state index is -0.362. The van der Waals surface area contributed by atoms with Crippen molar-refractivity contribution in [3.8, 4) is 0 Å². The maximum Gasteiger partial charge on any atom is 0.249 e. The van der Waals surface area contributed by atoms with Crippen molar-refractivity contribution in [2.75, 3.05) is 0 Å². The van der Waals surface area contributed by atoms with E-state index in [4.69, 9.17) is 5.73 Å². The van der Waals surface area contributed by atoms with Gasteiger partial charge in [0.2, 0.25) is 5.91 Å². The standard InChI is InChI=1S/C13H9NO.ClH/c14-13(15)11-7-9-5-1-3-8-4-2-6-10(11)12(8)9;/h1-7H,(H2,14,15);1H. The lowest BCUT2D eigenvalue weighted by Gasteiger charge is -2.02. The summed E-state index contributed by atoms with van der Waals surface area (Å²) in [7, 11) is 0. The Labute approximate surface area is 99.2 Å². The lowest BCUT2D eigenvalue weighted by Crippen LogP contribution is -2.11. The van der Waals surface area contributed by atoms with Crippen molar-refractivity contribution in [3.63, 3.8) is 0 Å². The molecule has 0 spiro atoms. The minimum Gasteiger partial charge on any atom is -0.366 e. The second kappa shape index (κ2) is 3.65. The second-order valence-electron chi connectivity index (χ2n) is 3.67. The van der Waals surface area contributed by atoms with E-state index in [2.05, 4.69) is 0 Å². The van der Waals surface area contributed by atoms with Gasteiger partial charge in [-0.15, -0.1) is 12.4 Å². The third-order valence-electron chi connectivity index (χ3n) is 2.79. The minimum absolute atomic E-state index is 0. The van der Waals surface area contributed by atoms with Gasteiger partial charge in [-0.05, 0) is 28.0 Å². The SMILES string of the molecule is Cl.NC(=O)C1=Cc2cccc3cccc1c23. The van der Waals surface area contributed by atoms with Gasteiger partial charge >= 0.3 is 0 Å². The van der Waals surface area contributed by atoms with Crippen LogP contribution in [0.3, 0.4) is 0 Å². The summed E-state index contributed by atoms with van der Waals surface area (Å²) in [5.41, 5.74) is 7.99. The van der Waals surface area contributed by atoms with E-state index < -0.39 is 0 Å². The molecule has 2 nitrogen and oxygen atoms in total. The Balaban J connectivity index is 0.000000963. The molecular formula is C13H10ClNO. The van der Waals surface area contributed by atoms with Crippen molar-refractivity contribution in [1.82, 2.24) is 0 Å². The molecule has 0 saturated heterocycles. The Kier molecular flexibility index (Phi) is 2.44. The highest BCUT2D eigenvalue weighted by molar-refractivity contribution is 6.30. The first-order valence-corrected chi connectivity index (χ1v) is 4.81. The van der Waals surface area contributed by atoms with E-state index >= 15 is 0 Å². The fraction of sp³-hybridized carbons (Fsp3) is 0. The fourth-order valence-corrected chi connectivity index (χ4v) is 2.15. The smallest absolute Gasteiger partial charge is 0.249 e. The average Bonchev–Trinajstić information content (AvgIpc) is 2.61. The number of nitrogens with two attached hydrogens (primary N) is 1. The second-order valence-corrected chi connectivity index (χ2v) is 3.67. The highest BCUT2D eigenvalue weighted by atomic mass is 35.5. The van der Waals surface area contributed by atoms with Gasteiger partial charge in [0, 0.05) is 5.57 Å². The largest absolute Gasteiger partial charge is 0.366 e. The van der Waals surface area contributed by atoms with Gasteiger partial charge in [0.05, 0.1) is 0 Å². The van der Waals surface area contributed by atoms with Gasteiger partial charge in [0.1, 0.15) is 0 Å². The molecule has 2 aromatic carbocycles. The lowest BCUT2D eigenvalue weighted by molar-refractivity contribution is -0.112. The summed E-state index contributed by atoms with van der Waals surface area (Å²) in [4.78, 5) is 11.3. The van der Waals surface area contributed by atoms with Crippen LogP contribution in [0.25, 0.3) is 22.4 Å². The molecule has 2 N–H and O–H groups in total. The zero-order valence-electron chi connectivity index (χ0n) is 8.44. The van der Waals surface area contributed by atoms with Crippen molar-refractivity contribution in [3.05, 3.63) is 47.5 Å². The Hall–Kier alpha value is -1.80. The summed E-state index contributed by atoms with van der Waals surface area (Å²) >= 11 is 0. The van der Waals surface area contributed by atoms with Crippen molar-refractivity contribution in [2.24, 2.45) is 5.73 Å². The van der Waals surface area contributed by atoms with Crippen molar-refractivity contribution in [2.45, 2.75) is 0 Å². The quantitative estimate of drug-likeness (QED) is 0.806. The van der Waals surface area contributed by atoms with Crippen molar-refractivity contribution >= 4 is 40.7 Å². The highest BCUT2D eigenvalue weighted by Crippen LogP contribution is 2.35. The monoisotopic (exact) mass is 231 g/mol. The summed E-state index contributed by atoms with van der Waals surface area (Å²) in [6, 6.07) is 12.0. The summed E-state index contributed by atoms with van der Waals surface area (Å²) in [5.74, 6) is -0.362. The number of halogens is 1. The summed E-state index contributed by atoms with van der Waals surface area (Å²) in [5, 5.41) is 2.28. The molecule has 0 saturated carbocycles. The topological polar surface area (TPSA) is 43.1 Å². The van der Waals surface area contributed by atoms with Gasteiger partial charge in [-0.1, -0.05) is 36.4 Å². The number of benzene rings is 2. The molecule has 0 radical (unpaired) electrons. The van der Waals surface area contributed by atoms with Gasteiger partial charge in [0.15, 0.2) is 0 Å². The van der Waals surface area contributed by atoms with Crippen LogP contribution in [0.2, 0.25) is 0 Å². The average molecular weight is 232 g/mol. The molecule has 0 fully saturated rings. The molecule has 2 aromatic rings. The number of primary amides is 1. The molecule has 3 heteroatoms. The van der Waals surface area contributed by atoms with Crippen LogP contribution in [0.4, 0.5) is 0 Å². The summed E-state index contributed by atoms with van der Waals surface area (Å²) in [6.07, 6.45) is 1.86. The Morgan fingerprint density at radius 2 is 1.75 bits per heavy atom. The Morgan fingerprint density at radius 3 is 2.44 bits per heavy atom. The maximum absolute atomic E-state index is 11.3. The molecule has 0 atom stereocenters. The summed E-state index contributed by atoms with van der Waals surface area (Å²) < 4.78 is 0. The zero-order chi connectivity index (χ0) is 10.4. The molecule has 80 valence electrons. The molecule has 1 aliphatic carbocycles. The molecule has 0 aliphatic heterocycles. The van der Waals surface area contributed by atoms with E-state index in [9.17, 15) is 4.79 Å². The van der Waals surface area contributed by atoms with E-state index in [1.807, 2.05) is 42.5 Å². The molecule has 0 unspecified atom stereocenters. The molecule has 0 bridgehead atoms. The van der Waals surface area contributed by atoms with E-state index in [1.165, 1.54) is 0 Å². The van der Waals surface area contributed by atoms with Gasteiger partial charge in [-0.2, -0.15) is 0 Å². The first-order valence-electron chi connectivity index (χ1n) is 4.81. The van der Waals surface area contributed by atoms with E-state index in [-0.39, 0.29) is 18.3 Å². The van der Waals surface area contributed by atoms with E-state index in [1.54, 1.807) is 0 Å². The Morgan fingerprint density at radius 1 is 1.06 bits per heavy atom. The predicted molar refractivity (Wildman–Crippen MR) is 68.3 cm³/mol. The fourth-order valence-electron chi connectivity index (χ4n) is 2.15. The zero-order valence-corrected chi connectivity index (χ0v) is 9.25. The van der Waals surface area contributed by atoms with Crippen LogP contribution in [0.5, 0.6) is 0 Å². The van der Waals surface area contributed by atoms with Gasteiger partial charge in [0.25, 0.3) is 0 Å². The number of carbonyl (C=O) groups excluding carboxylic acids is 1. The molecule has 1 aliphatic rings. The first-order chi connectivity index (χ1) is 7.27. The predicted octanol–water partition coefficient (Wildman–Crippen LogP) is 2.60. The Bertz CT molecular complexity index is 611. The van der Waals surface area contributed by atoms with Crippen LogP contribution in [0, 0.1) is 0 Å². The van der Waals surface area contributed by atoms with Crippen LogP contribution in [-0.4, -0.2) is 5.91 Å². The van der Waals surface area contributed by atoms with E-state index in [0.29, 0.717) is 5.57 Å². The van der Waals surface area contributed by atoms with Crippen molar-refractivity contribution in [1.29, 1.82) is 0 Å². The number of amides is 1. The number of carbonyl (C=O) groups is 1. The van der Waals surface area contributed by atoms with Crippen LogP contribution in [-0.2, 0) is 4.79 Å². The molecular weight excluding hydrogens is 222 g/mol. The molecule has 0 heterocycles. The first kappa shape index (κ1) is 10.7. The third kappa shape index (κ3) is 1.31. The van der Waals surface area contributed by atoms with Gasteiger partial charge < -0.3 is 5.73 Å². The van der Waals surface area contributed by atoms with Gasteiger partial charge in [-0.25, -0.2) is 0 Å². The van der Waals surface area contributed by atoms with Crippen molar-refractivity contribution < 1.29 is 4.79 Å². The van der Waals surface area contributed by atoms with Gasteiger partial charge in [-0.3, -0.25) is 4.79 Å². The molecule has 3 rings (SSSR count). The molecule has 1 amide bonds. The van der Waals surface area contributed by atoms with Crippen LogP contribution in [0.15, 0.2) is 36.4 Å². The lowest BCUT2D eigenvalue weighted by atomic mass is 10.0.